The van der Waals surface area contributed by atoms with Crippen molar-refractivity contribution in [1.29, 1.82) is 0 Å². The third kappa shape index (κ3) is 3.98. The number of nitrogens with one attached hydrogen (secondary N) is 1. The molecule has 1 N–H and O–H groups in total. The Morgan fingerprint density at radius 2 is 1.70 bits per heavy atom. The number of fused-ring (bicyclic) bond motifs is 1. The summed E-state index contributed by atoms with van der Waals surface area (Å²) in [4.78, 5) is 4.54. The molecule has 0 fully saturated rings. The second-order valence-electron chi connectivity index (χ2n) is 6.16. The van der Waals surface area contributed by atoms with Crippen LogP contribution in [0.2, 0.25) is 0 Å². The molecule has 0 spiro atoms. The highest BCUT2D eigenvalue weighted by atomic mass is 32.2. The minimum absolute atomic E-state index is 0.221. The van der Waals surface area contributed by atoms with E-state index in [2.05, 4.69) is 9.71 Å². The highest BCUT2D eigenvalue weighted by Crippen LogP contribution is 2.22. The molecular formula is C20H16FN3O2S. The fraction of sp³-hybridized carbons (Fsp3) is 0.0500. The molecule has 27 heavy (non-hydrogen) atoms. The molecule has 136 valence electrons. The maximum absolute atomic E-state index is 12.9. The third-order valence-electron chi connectivity index (χ3n) is 4.09. The van der Waals surface area contributed by atoms with Gasteiger partial charge in [0.25, 0.3) is 0 Å². The van der Waals surface area contributed by atoms with Crippen molar-refractivity contribution in [2.24, 2.45) is 0 Å². The molecule has 7 heteroatoms. The van der Waals surface area contributed by atoms with Crippen LogP contribution in [-0.2, 0) is 15.8 Å². The zero-order valence-electron chi connectivity index (χ0n) is 14.2. The molecule has 0 saturated heterocycles. The zero-order valence-corrected chi connectivity index (χ0v) is 15.0. The van der Waals surface area contributed by atoms with Gasteiger partial charge in [-0.3, -0.25) is 4.72 Å². The molecule has 0 amide bonds. The van der Waals surface area contributed by atoms with Gasteiger partial charge in [0.15, 0.2) is 0 Å². The Bertz CT molecular complexity index is 1150. The van der Waals surface area contributed by atoms with Crippen molar-refractivity contribution in [1.82, 2.24) is 9.38 Å². The number of nitrogens with zero attached hydrogens (tertiary/aromatic N) is 2. The number of rotatable bonds is 5. The fourth-order valence-corrected chi connectivity index (χ4v) is 4.00. The number of hydrogen-bond donors (Lipinski definition) is 1. The number of pyridine rings is 1. The summed E-state index contributed by atoms with van der Waals surface area (Å²) in [6.07, 6.45) is 3.84. The Hall–Kier alpha value is -3.19. The van der Waals surface area contributed by atoms with Gasteiger partial charge in [-0.15, -0.1) is 0 Å². The number of sulfonamides is 1. The first-order valence-electron chi connectivity index (χ1n) is 8.28. The van der Waals surface area contributed by atoms with E-state index in [1.54, 1.807) is 12.1 Å². The predicted molar refractivity (Wildman–Crippen MR) is 103 cm³/mol. The molecule has 0 atom stereocenters. The molecule has 0 aliphatic rings. The molecule has 2 aromatic carbocycles. The van der Waals surface area contributed by atoms with Crippen molar-refractivity contribution in [3.63, 3.8) is 0 Å². The number of halogens is 1. The zero-order chi connectivity index (χ0) is 18.9. The summed E-state index contributed by atoms with van der Waals surface area (Å²) in [6, 6.07) is 18.2. The third-order valence-corrected chi connectivity index (χ3v) is 5.35. The van der Waals surface area contributed by atoms with Gasteiger partial charge in [0.2, 0.25) is 10.0 Å². The first kappa shape index (κ1) is 17.2. The maximum Gasteiger partial charge on any atom is 0.236 e. The molecule has 0 saturated carbocycles. The molecule has 0 bridgehead atoms. The van der Waals surface area contributed by atoms with Gasteiger partial charge in [0, 0.05) is 23.6 Å². The Labute approximate surface area is 156 Å². The standard InChI is InChI=1S/C20H16FN3O2S/c21-17-8-4-15(5-9-17)14-27(25,26)23-18-10-6-16(7-11-18)19-13-24-12-2-1-3-20(24)22-19/h1-13,23H,14H2. The number of anilines is 1. The lowest BCUT2D eigenvalue weighted by Gasteiger charge is -2.08. The molecular weight excluding hydrogens is 365 g/mol. The first-order valence-corrected chi connectivity index (χ1v) is 9.93. The van der Waals surface area contributed by atoms with Crippen LogP contribution in [0.25, 0.3) is 16.9 Å². The molecule has 0 radical (unpaired) electrons. The van der Waals surface area contributed by atoms with Crippen molar-refractivity contribution in [2.45, 2.75) is 5.75 Å². The Balaban J connectivity index is 1.50. The van der Waals surface area contributed by atoms with E-state index < -0.39 is 15.8 Å². The molecule has 5 nitrogen and oxygen atoms in total. The van der Waals surface area contributed by atoms with Gasteiger partial charge in [-0.05, 0) is 42.0 Å². The van der Waals surface area contributed by atoms with Crippen LogP contribution in [0.4, 0.5) is 10.1 Å². The Morgan fingerprint density at radius 1 is 0.963 bits per heavy atom. The lowest BCUT2D eigenvalue weighted by Crippen LogP contribution is -2.15. The minimum Gasteiger partial charge on any atom is -0.306 e. The molecule has 0 aliphatic carbocycles. The van der Waals surface area contributed by atoms with Gasteiger partial charge in [0.05, 0.1) is 11.4 Å². The van der Waals surface area contributed by atoms with Crippen LogP contribution in [-0.4, -0.2) is 17.8 Å². The van der Waals surface area contributed by atoms with E-state index in [-0.39, 0.29) is 5.75 Å². The quantitative estimate of drug-likeness (QED) is 0.566. The first-order chi connectivity index (χ1) is 13.0. The largest absolute Gasteiger partial charge is 0.306 e. The van der Waals surface area contributed by atoms with E-state index in [9.17, 15) is 12.8 Å². The summed E-state index contributed by atoms with van der Waals surface area (Å²) in [7, 11) is -3.59. The van der Waals surface area contributed by atoms with Crippen molar-refractivity contribution in [3.8, 4) is 11.3 Å². The van der Waals surface area contributed by atoms with Crippen molar-refractivity contribution in [2.75, 3.05) is 4.72 Å². The van der Waals surface area contributed by atoms with Crippen LogP contribution >= 0.6 is 0 Å². The van der Waals surface area contributed by atoms with Gasteiger partial charge >= 0.3 is 0 Å². The highest BCUT2D eigenvalue weighted by molar-refractivity contribution is 7.91. The molecule has 4 rings (SSSR count). The summed E-state index contributed by atoms with van der Waals surface area (Å²) in [5.74, 6) is -0.617. The minimum atomic E-state index is -3.59. The van der Waals surface area contributed by atoms with E-state index in [4.69, 9.17) is 0 Å². The van der Waals surface area contributed by atoms with Crippen molar-refractivity contribution < 1.29 is 12.8 Å². The lowest BCUT2D eigenvalue weighted by molar-refractivity contribution is 0.600. The average Bonchev–Trinajstić information content (AvgIpc) is 3.08. The van der Waals surface area contributed by atoms with Crippen LogP contribution in [0.15, 0.2) is 79.1 Å². The summed E-state index contributed by atoms with van der Waals surface area (Å²) in [5, 5.41) is 0. The smallest absolute Gasteiger partial charge is 0.236 e. The summed E-state index contributed by atoms with van der Waals surface area (Å²) < 4.78 is 42.0. The van der Waals surface area contributed by atoms with Crippen LogP contribution in [0.1, 0.15) is 5.56 Å². The van der Waals surface area contributed by atoms with Crippen LogP contribution < -0.4 is 4.72 Å². The lowest BCUT2D eigenvalue weighted by atomic mass is 10.1. The molecule has 0 aliphatic heterocycles. The average molecular weight is 381 g/mol. The number of benzene rings is 2. The van der Waals surface area contributed by atoms with Gasteiger partial charge in [0.1, 0.15) is 11.5 Å². The highest BCUT2D eigenvalue weighted by Gasteiger charge is 2.12. The molecule has 2 aromatic heterocycles. The molecule has 4 aromatic rings. The van der Waals surface area contributed by atoms with Gasteiger partial charge < -0.3 is 4.40 Å². The van der Waals surface area contributed by atoms with E-state index in [1.807, 2.05) is 47.1 Å². The SMILES string of the molecule is O=S(=O)(Cc1ccc(F)cc1)Nc1ccc(-c2cn3ccccc3n2)cc1. The summed E-state index contributed by atoms with van der Waals surface area (Å²) in [6.45, 7) is 0. The van der Waals surface area contributed by atoms with Crippen LogP contribution in [0.5, 0.6) is 0 Å². The van der Waals surface area contributed by atoms with Gasteiger partial charge in [-0.2, -0.15) is 0 Å². The number of hydrogen-bond acceptors (Lipinski definition) is 3. The van der Waals surface area contributed by atoms with E-state index in [1.165, 1.54) is 24.3 Å². The monoisotopic (exact) mass is 381 g/mol. The number of aromatic nitrogens is 2. The van der Waals surface area contributed by atoms with Gasteiger partial charge in [-0.25, -0.2) is 17.8 Å². The van der Waals surface area contributed by atoms with Crippen molar-refractivity contribution in [3.05, 3.63) is 90.5 Å². The van der Waals surface area contributed by atoms with Crippen LogP contribution in [0, 0.1) is 5.82 Å². The van der Waals surface area contributed by atoms with Crippen molar-refractivity contribution >= 4 is 21.4 Å². The Kier molecular flexibility index (Phi) is 4.37. The second kappa shape index (κ2) is 6.85. The van der Waals surface area contributed by atoms with Crippen LogP contribution in [0.3, 0.4) is 0 Å². The number of imidazole rings is 1. The topological polar surface area (TPSA) is 63.5 Å². The maximum atomic E-state index is 12.9. The normalized spacial score (nSPS) is 11.6. The summed E-state index contributed by atoms with van der Waals surface area (Å²) >= 11 is 0. The molecule has 0 unspecified atom stereocenters. The predicted octanol–water partition coefficient (Wildman–Crippen LogP) is 4.08. The van der Waals surface area contributed by atoms with E-state index in [0.29, 0.717) is 11.3 Å². The van der Waals surface area contributed by atoms with Gasteiger partial charge in [-0.1, -0.05) is 30.3 Å². The summed E-state index contributed by atoms with van der Waals surface area (Å²) in [5.41, 5.74) is 3.52. The van der Waals surface area contributed by atoms with E-state index in [0.717, 1.165) is 16.9 Å². The van der Waals surface area contributed by atoms with E-state index >= 15 is 0 Å². The second-order valence-corrected chi connectivity index (χ2v) is 7.88. The fourth-order valence-electron chi connectivity index (χ4n) is 2.80. The molecule has 2 heterocycles. The Morgan fingerprint density at radius 3 is 2.41 bits per heavy atom.